The van der Waals surface area contributed by atoms with E-state index in [4.69, 9.17) is 9.15 Å². The summed E-state index contributed by atoms with van der Waals surface area (Å²) in [6, 6.07) is 5.95. The van der Waals surface area contributed by atoms with Gasteiger partial charge in [-0.05, 0) is 24.6 Å². The van der Waals surface area contributed by atoms with Gasteiger partial charge in [0.25, 0.3) is 0 Å². The Kier molecular flexibility index (Phi) is 2.23. The van der Waals surface area contributed by atoms with Crippen molar-refractivity contribution in [2.45, 2.75) is 6.92 Å². The molecule has 0 N–H and O–H groups in total. The van der Waals surface area contributed by atoms with Gasteiger partial charge in [-0.1, -0.05) is 6.07 Å². The van der Waals surface area contributed by atoms with Crippen molar-refractivity contribution in [2.24, 2.45) is 0 Å². The first-order valence-electron chi connectivity index (χ1n) is 4.35. The lowest BCUT2D eigenvalue weighted by Crippen LogP contribution is -1.87. The van der Waals surface area contributed by atoms with Crippen molar-refractivity contribution in [3.05, 3.63) is 36.4 Å². The highest BCUT2D eigenvalue weighted by molar-refractivity contribution is 5.65. The van der Waals surface area contributed by atoms with E-state index >= 15 is 0 Å². The van der Waals surface area contributed by atoms with Crippen molar-refractivity contribution in [3.63, 3.8) is 0 Å². The molecule has 0 aliphatic carbocycles. The molecule has 14 heavy (non-hydrogen) atoms. The fraction of sp³-hybridized carbons (Fsp3) is 0.182. The maximum atomic E-state index is 5.26. The van der Waals surface area contributed by atoms with Crippen LogP contribution in [0.5, 0.6) is 5.75 Å². The zero-order valence-corrected chi connectivity index (χ0v) is 8.15. The zero-order valence-electron chi connectivity index (χ0n) is 8.15. The first kappa shape index (κ1) is 8.81. The molecule has 0 unspecified atom stereocenters. The van der Waals surface area contributed by atoms with Crippen molar-refractivity contribution in [2.75, 3.05) is 7.11 Å². The van der Waals surface area contributed by atoms with Gasteiger partial charge in [0.1, 0.15) is 5.75 Å². The van der Waals surface area contributed by atoms with Crippen LogP contribution in [0.1, 0.15) is 5.56 Å². The molecule has 0 amide bonds. The van der Waals surface area contributed by atoms with Gasteiger partial charge in [0.15, 0.2) is 12.2 Å². The first-order valence-corrected chi connectivity index (χ1v) is 4.35. The van der Waals surface area contributed by atoms with Crippen LogP contribution in [0.2, 0.25) is 0 Å². The van der Waals surface area contributed by atoms with Crippen molar-refractivity contribution < 1.29 is 9.15 Å². The predicted molar refractivity (Wildman–Crippen MR) is 53.2 cm³/mol. The summed E-state index contributed by atoms with van der Waals surface area (Å²) >= 11 is 0. The zero-order chi connectivity index (χ0) is 9.97. The second kappa shape index (κ2) is 3.54. The van der Waals surface area contributed by atoms with E-state index in [0.29, 0.717) is 0 Å². The molecule has 0 radical (unpaired) electrons. The summed E-state index contributed by atoms with van der Waals surface area (Å²) in [4.78, 5) is 3.87. The highest BCUT2D eigenvalue weighted by Crippen LogP contribution is 2.30. The van der Waals surface area contributed by atoms with Crippen molar-refractivity contribution >= 4 is 0 Å². The van der Waals surface area contributed by atoms with E-state index in [1.807, 2.05) is 25.1 Å². The Bertz CT molecular complexity index is 421. The summed E-state index contributed by atoms with van der Waals surface area (Å²) < 4.78 is 10.5. The third-order valence-electron chi connectivity index (χ3n) is 2.05. The van der Waals surface area contributed by atoms with Crippen LogP contribution in [0.25, 0.3) is 11.3 Å². The Hall–Kier alpha value is -1.77. The van der Waals surface area contributed by atoms with E-state index < -0.39 is 0 Å². The number of nitrogens with zero attached hydrogens (tertiary/aromatic N) is 1. The molecule has 0 saturated carbocycles. The van der Waals surface area contributed by atoms with E-state index in [-0.39, 0.29) is 0 Å². The van der Waals surface area contributed by atoms with E-state index in [9.17, 15) is 0 Å². The number of hydrogen-bond acceptors (Lipinski definition) is 3. The van der Waals surface area contributed by atoms with Crippen molar-refractivity contribution in [1.29, 1.82) is 0 Å². The molecule has 0 spiro atoms. The standard InChI is InChI=1S/C11H11NO2/c1-8-3-4-9(10(5-8)13-2)11-6-12-7-14-11/h3-7H,1-2H3. The SMILES string of the molecule is COc1cc(C)ccc1-c1cnco1. The first-order chi connectivity index (χ1) is 6.81. The third-order valence-corrected chi connectivity index (χ3v) is 2.05. The van der Waals surface area contributed by atoms with Crippen molar-refractivity contribution in [1.82, 2.24) is 4.98 Å². The van der Waals surface area contributed by atoms with E-state index in [1.165, 1.54) is 6.39 Å². The van der Waals surface area contributed by atoms with Gasteiger partial charge in [0, 0.05) is 0 Å². The van der Waals surface area contributed by atoms with Crippen LogP contribution in [0.3, 0.4) is 0 Å². The summed E-state index contributed by atoms with van der Waals surface area (Å²) in [7, 11) is 1.65. The molecule has 1 aromatic heterocycles. The predicted octanol–water partition coefficient (Wildman–Crippen LogP) is 2.66. The van der Waals surface area contributed by atoms with Crippen LogP contribution >= 0.6 is 0 Å². The van der Waals surface area contributed by atoms with Gasteiger partial charge in [-0.15, -0.1) is 0 Å². The molecule has 2 rings (SSSR count). The van der Waals surface area contributed by atoms with Crippen LogP contribution in [0.4, 0.5) is 0 Å². The molecule has 3 heteroatoms. The number of hydrogen-bond donors (Lipinski definition) is 0. The highest BCUT2D eigenvalue weighted by Gasteiger charge is 2.08. The summed E-state index contributed by atoms with van der Waals surface area (Å²) in [5.41, 5.74) is 2.08. The minimum atomic E-state index is 0.724. The molecule has 0 aliphatic heterocycles. The van der Waals surface area contributed by atoms with Crippen LogP contribution in [-0.4, -0.2) is 12.1 Å². The van der Waals surface area contributed by atoms with Gasteiger partial charge in [-0.2, -0.15) is 0 Å². The monoisotopic (exact) mass is 189 g/mol. The van der Waals surface area contributed by atoms with Crippen LogP contribution in [0.15, 0.2) is 35.2 Å². The number of benzene rings is 1. The lowest BCUT2D eigenvalue weighted by molar-refractivity contribution is 0.414. The topological polar surface area (TPSA) is 35.3 Å². The summed E-state index contributed by atoms with van der Waals surface area (Å²) in [6.45, 7) is 2.02. The largest absolute Gasteiger partial charge is 0.496 e. The van der Waals surface area contributed by atoms with Crippen LogP contribution < -0.4 is 4.74 Å². The number of aryl methyl sites for hydroxylation is 1. The second-order valence-corrected chi connectivity index (χ2v) is 3.07. The smallest absolute Gasteiger partial charge is 0.181 e. The van der Waals surface area contributed by atoms with Gasteiger partial charge in [-0.3, -0.25) is 0 Å². The summed E-state index contributed by atoms with van der Waals surface area (Å²) in [6.07, 6.45) is 3.09. The molecule has 0 atom stereocenters. The molecule has 0 aliphatic rings. The fourth-order valence-corrected chi connectivity index (χ4v) is 1.35. The summed E-state index contributed by atoms with van der Waals surface area (Å²) in [5.74, 6) is 1.53. The van der Waals surface area contributed by atoms with Crippen LogP contribution in [0, 0.1) is 6.92 Å². The quantitative estimate of drug-likeness (QED) is 0.728. The molecular formula is C11H11NO2. The van der Waals surface area contributed by atoms with Crippen LogP contribution in [-0.2, 0) is 0 Å². The number of rotatable bonds is 2. The fourth-order valence-electron chi connectivity index (χ4n) is 1.35. The lowest BCUT2D eigenvalue weighted by atomic mass is 10.1. The van der Waals surface area contributed by atoms with Gasteiger partial charge in [0.05, 0.1) is 18.9 Å². The maximum absolute atomic E-state index is 5.26. The van der Waals surface area contributed by atoms with E-state index in [1.54, 1.807) is 13.3 Å². The molecule has 0 bridgehead atoms. The minimum Gasteiger partial charge on any atom is -0.496 e. The second-order valence-electron chi connectivity index (χ2n) is 3.07. The molecule has 3 nitrogen and oxygen atoms in total. The summed E-state index contributed by atoms with van der Waals surface area (Å²) in [5, 5.41) is 0. The number of oxazole rings is 1. The molecule has 0 saturated heterocycles. The third kappa shape index (κ3) is 1.48. The van der Waals surface area contributed by atoms with Gasteiger partial charge in [-0.25, -0.2) is 4.98 Å². The van der Waals surface area contributed by atoms with Gasteiger partial charge in [0.2, 0.25) is 0 Å². The Morgan fingerprint density at radius 1 is 1.36 bits per heavy atom. The average molecular weight is 189 g/mol. The Balaban J connectivity index is 2.53. The number of aromatic nitrogens is 1. The molecule has 2 aromatic rings. The molecule has 0 fully saturated rings. The maximum Gasteiger partial charge on any atom is 0.181 e. The number of methoxy groups -OCH3 is 1. The highest BCUT2D eigenvalue weighted by atomic mass is 16.5. The average Bonchev–Trinajstić information content (AvgIpc) is 2.70. The Morgan fingerprint density at radius 3 is 2.86 bits per heavy atom. The number of ether oxygens (including phenoxy) is 1. The van der Waals surface area contributed by atoms with Crippen molar-refractivity contribution in [3.8, 4) is 17.1 Å². The van der Waals surface area contributed by atoms with E-state index in [2.05, 4.69) is 4.98 Å². The molecule has 72 valence electrons. The Morgan fingerprint density at radius 2 is 2.21 bits per heavy atom. The molecule has 1 heterocycles. The molecular weight excluding hydrogens is 178 g/mol. The van der Waals surface area contributed by atoms with E-state index in [0.717, 1.165) is 22.6 Å². The van der Waals surface area contributed by atoms with Gasteiger partial charge >= 0.3 is 0 Å². The van der Waals surface area contributed by atoms with Gasteiger partial charge < -0.3 is 9.15 Å². The lowest BCUT2D eigenvalue weighted by Gasteiger charge is -2.06. The normalized spacial score (nSPS) is 10.1. The Labute approximate surface area is 82.3 Å². The minimum absolute atomic E-state index is 0.724. The molecule has 1 aromatic carbocycles.